The molecule has 196 valence electrons. The summed E-state index contributed by atoms with van der Waals surface area (Å²) in [6.07, 6.45) is 0. The Morgan fingerprint density at radius 2 is 1.71 bits per heavy atom. The quantitative estimate of drug-likeness (QED) is 0.334. The SMILES string of the molecule is COc1cc(-c2ccc3c(c2)Nc2ccc(NC(=O)CN4CCN(C)CC4)cc2NC3=O)ccc1[N+](=O)[O-]. The van der Waals surface area contributed by atoms with Crippen LogP contribution in [0.25, 0.3) is 11.1 Å². The van der Waals surface area contributed by atoms with Gasteiger partial charge >= 0.3 is 5.69 Å². The van der Waals surface area contributed by atoms with Crippen LogP contribution in [0.3, 0.4) is 0 Å². The van der Waals surface area contributed by atoms with Crippen molar-refractivity contribution in [2.24, 2.45) is 0 Å². The molecule has 2 amide bonds. The van der Waals surface area contributed by atoms with E-state index in [1.807, 2.05) is 6.07 Å². The van der Waals surface area contributed by atoms with Gasteiger partial charge < -0.3 is 25.6 Å². The van der Waals surface area contributed by atoms with Crippen LogP contribution >= 0.6 is 0 Å². The summed E-state index contributed by atoms with van der Waals surface area (Å²) in [6.45, 7) is 3.88. The molecule has 0 aromatic heterocycles. The molecule has 11 heteroatoms. The number of ether oxygens (including phenoxy) is 1. The summed E-state index contributed by atoms with van der Waals surface area (Å²) in [7, 11) is 3.45. The van der Waals surface area contributed by atoms with E-state index >= 15 is 0 Å². The first-order valence-electron chi connectivity index (χ1n) is 12.2. The summed E-state index contributed by atoms with van der Waals surface area (Å²) in [5, 5.41) is 20.4. The standard InChI is InChI=1S/C27H28N6O5/c1-31-9-11-32(12-10-31)16-26(34)28-19-5-7-21-23(15-19)30-27(35)20-6-3-17(13-22(20)29-21)18-4-8-24(33(36)37)25(14-18)38-2/h3-8,13-15,29H,9-12,16H2,1-2H3,(H,28,34)(H,30,35). The van der Waals surface area contributed by atoms with Gasteiger partial charge in [-0.05, 0) is 60.6 Å². The van der Waals surface area contributed by atoms with Gasteiger partial charge in [-0.25, -0.2) is 0 Å². The van der Waals surface area contributed by atoms with Crippen LogP contribution in [-0.4, -0.2) is 73.4 Å². The highest BCUT2D eigenvalue weighted by Crippen LogP contribution is 2.37. The number of hydrogen-bond donors (Lipinski definition) is 3. The maximum Gasteiger partial charge on any atom is 0.310 e. The van der Waals surface area contributed by atoms with Crippen molar-refractivity contribution in [2.75, 3.05) is 62.8 Å². The first-order chi connectivity index (χ1) is 18.3. The monoisotopic (exact) mass is 516 g/mol. The van der Waals surface area contributed by atoms with Crippen LogP contribution in [0.2, 0.25) is 0 Å². The highest BCUT2D eigenvalue weighted by molar-refractivity contribution is 6.13. The molecular weight excluding hydrogens is 488 g/mol. The summed E-state index contributed by atoms with van der Waals surface area (Å²) in [5.41, 5.74) is 4.18. The van der Waals surface area contributed by atoms with Crippen LogP contribution in [-0.2, 0) is 4.79 Å². The molecule has 3 aromatic rings. The van der Waals surface area contributed by atoms with Crippen LogP contribution in [0.1, 0.15) is 10.4 Å². The molecule has 0 unspecified atom stereocenters. The van der Waals surface area contributed by atoms with Crippen molar-refractivity contribution in [3.8, 4) is 16.9 Å². The van der Waals surface area contributed by atoms with E-state index in [9.17, 15) is 19.7 Å². The van der Waals surface area contributed by atoms with E-state index in [4.69, 9.17) is 4.74 Å². The Kier molecular flexibility index (Phi) is 6.95. The molecule has 3 N–H and O–H groups in total. The Bertz CT molecular complexity index is 1420. The van der Waals surface area contributed by atoms with E-state index in [-0.39, 0.29) is 23.3 Å². The smallest absolute Gasteiger partial charge is 0.310 e. The second-order valence-electron chi connectivity index (χ2n) is 9.37. The predicted octanol–water partition coefficient (Wildman–Crippen LogP) is 3.77. The Balaban J connectivity index is 1.35. The van der Waals surface area contributed by atoms with Gasteiger partial charge in [-0.2, -0.15) is 0 Å². The highest BCUT2D eigenvalue weighted by atomic mass is 16.6. The number of rotatable bonds is 6. The predicted molar refractivity (Wildman–Crippen MR) is 145 cm³/mol. The third kappa shape index (κ3) is 5.29. The number of carbonyl (C=O) groups excluding carboxylic acids is 2. The van der Waals surface area contributed by atoms with Crippen molar-refractivity contribution < 1.29 is 19.2 Å². The first-order valence-corrected chi connectivity index (χ1v) is 12.2. The van der Waals surface area contributed by atoms with Crippen molar-refractivity contribution in [3.05, 3.63) is 70.3 Å². The Hall–Kier alpha value is -4.48. The van der Waals surface area contributed by atoms with E-state index in [0.717, 1.165) is 31.7 Å². The number of methoxy groups -OCH3 is 1. The number of fused-ring (bicyclic) bond motifs is 2. The van der Waals surface area contributed by atoms with Crippen LogP contribution in [0.15, 0.2) is 54.6 Å². The van der Waals surface area contributed by atoms with Crippen LogP contribution in [0, 0.1) is 10.1 Å². The number of nitro groups is 1. The number of nitrogens with one attached hydrogen (secondary N) is 3. The molecule has 1 saturated heterocycles. The Labute approximate surface area is 219 Å². The lowest BCUT2D eigenvalue weighted by Gasteiger charge is -2.31. The van der Waals surface area contributed by atoms with Gasteiger partial charge in [0, 0.05) is 37.9 Å². The van der Waals surface area contributed by atoms with Crippen molar-refractivity contribution in [2.45, 2.75) is 0 Å². The summed E-state index contributed by atoms with van der Waals surface area (Å²) >= 11 is 0. The lowest BCUT2D eigenvalue weighted by molar-refractivity contribution is -0.385. The molecule has 0 spiro atoms. The molecule has 0 radical (unpaired) electrons. The fourth-order valence-corrected chi connectivity index (χ4v) is 4.61. The average Bonchev–Trinajstić information content (AvgIpc) is 3.04. The maximum absolute atomic E-state index is 13.0. The minimum Gasteiger partial charge on any atom is -0.490 e. The zero-order valence-electron chi connectivity index (χ0n) is 21.1. The van der Waals surface area contributed by atoms with E-state index < -0.39 is 4.92 Å². The number of amides is 2. The second-order valence-corrected chi connectivity index (χ2v) is 9.37. The largest absolute Gasteiger partial charge is 0.490 e. The van der Waals surface area contributed by atoms with Gasteiger partial charge in [-0.1, -0.05) is 6.07 Å². The molecule has 5 rings (SSSR count). The maximum atomic E-state index is 13.0. The summed E-state index contributed by atoms with van der Waals surface area (Å²) in [4.78, 5) is 40.7. The lowest BCUT2D eigenvalue weighted by Crippen LogP contribution is -2.47. The Morgan fingerprint density at radius 3 is 2.45 bits per heavy atom. The minimum absolute atomic E-state index is 0.103. The van der Waals surface area contributed by atoms with Crippen molar-refractivity contribution in [1.29, 1.82) is 0 Å². The van der Waals surface area contributed by atoms with Crippen molar-refractivity contribution >= 4 is 40.3 Å². The molecule has 0 atom stereocenters. The number of nitro benzene ring substituents is 1. The number of carbonyl (C=O) groups is 2. The number of hydrogen-bond acceptors (Lipinski definition) is 8. The normalized spacial score (nSPS) is 15.4. The number of piperazine rings is 1. The third-order valence-corrected chi connectivity index (χ3v) is 6.76. The van der Waals surface area contributed by atoms with Crippen LogP contribution in [0.4, 0.5) is 28.4 Å². The molecule has 0 saturated carbocycles. The first kappa shape index (κ1) is 25.2. The van der Waals surface area contributed by atoms with Gasteiger partial charge in [0.15, 0.2) is 5.75 Å². The van der Waals surface area contributed by atoms with Gasteiger partial charge in [0.2, 0.25) is 5.91 Å². The topological polar surface area (TPSA) is 129 Å². The van der Waals surface area contributed by atoms with Crippen molar-refractivity contribution in [3.63, 3.8) is 0 Å². The van der Waals surface area contributed by atoms with E-state index in [2.05, 4.69) is 32.8 Å². The highest BCUT2D eigenvalue weighted by Gasteiger charge is 2.22. The fraction of sp³-hybridized carbons (Fsp3) is 0.259. The molecule has 0 bridgehead atoms. The molecule has 1 fully saturated rings. The number of anilines is 4. The molecule has 0 aliphatic carbocycles. The molecule has 2 aliphatic heterocycles. The van der Waals surface area contributed by atoms with E-state index in [1.165, 1.54) is 13.2 Å². The summed E-state index contributed by atoms with van der Waals surface area (Å²) in [6, 6.07) is 15.3. The third-order valence-electron chi connectivity index (χ3n) is 6.76. The molecule has 11 nitrogen and oxygen atoms in total. The molecule has 2 heterocycles. The van der Waals surface area contributed by atoms with Gasteiger partial charge in [0.25, 0.3) is 5.91 Å². The van der Waals surface area contributed by atoms with Gasteiger partial charge in [-0.15, -0.1) is 0 Å². The number of nitrogens with zero attached hydrogens (tertiary/aromatic N) is 3. The second kappa shape index (κ2) is 10.5. The Morgan fingerprint density at radius 1 is 0.974 bits per heavy atom. The lowest BCUT2D eigenvalue weighted by atomic mass is 10.0. The van der Waals surface area contributed by atoms with Gasteiger partial charge in [-0.3, -0.25) is 24.6 Å². The van der Waals surface area contributed by atoms with E-state index in [1.54, 1.807) is 42.5 Å². The van der Waals surface area contributed by atoms with Crippen molar-refractivity contribution in [1.82, 2.24) is 9.80 Å². The molecule has 3 aromatic carbocycles. The number of benzene rings is 3. The number of likely N-dealkylation sites (N-methyl/N-ethyl adjacent to an activating group) is 1. The van der Waals surface area contributed by atoms with Gasteiger partial charge in [0.1, 0.15) is 0 Å². The van der Waals surface area contributed by atoms with Gasteiger partial charge in [0.05, 0.1) is 41.2 Å². The molecule has 2 aliphatic rings. The summed E-state index contributed by atoms with van der Waals surface area (Å²) in [5.74, 6) is -0.241. The van der Waals surface area contributed by atoms with Crippen LogP contribution in [0.5, 0.6) is 5.75 Å². The molecular formula is C27H28N6O5. The fourth-order valence-electron chi connectivity index (χ4n) is 4.61. The minimum atomic E-state index is -0.494. The molecule has 38 heavy (non-hydrogen) atoms. The zero-order valence-corrected chi connectivity index (χ0v) is 21.1. The average molecular weight is 517 g/mol. The van der Waals surface area contributed by atoms with E-state index in [0.29, 0.717) is 40.4 Å². The van der Waals surface area contributed by atoms with Crippen LogP contribution < -0.4 is 20.7 Å². The zero-order chi connectivity index (χ0) is 26.8. The summed E-state index contributed by atoms with van der Waals surface area (Å²) < 4.78 is 5.19.